The number of halogens is 1. The molecule has 1 fully saturated rings. The van der Waals surface area contributed by atoms with Crippen LogP contribution in [0, 0.1) is 5.82 Å². The summed E-state index contributed by atoms with van der Waals surface area (Å²) >= 11 is 0. The third-order valence-corrected chi connectivity index (χ3v) is 2.97. The van der Waals surface area contributed by atoms with E-state index in [0.29, 0.717) is 13.1 Å². The van der Waals surface area contributed by atoms with E-state index in [-0.39, 0.29) is 11.5 Å². The van der Waals surface area contributed by atoms with Gasteiger partial charge in [0.2, 0.25) is 5.91 Å². The van der Waals surface area contributed by atoms with Gasteiger partial charge in [-0.3, -0.25) is 9.59 Å². The van der Waals surface area contributed by atoms with Crippen LogP contribution in [-0.2, 0) is 4.79 Å². The Kier molecular flexibility index (Phi) is 3.18. The van der Waals surface area contributed by atoms with Crippen molar-refractivity contribution in [2.45, 2.75) is 13.0 Å². The number of hydrogen-bond acceptors (Lipinski definition) is 3. The average Bonchev–Trinajstić information content (AvgIpc) is 2.32. The Labute approximate surface area is 103 Å². The van der Waals surface area contributed by atoms with Crippen molar-refractivity contribution < 1.29 is 19.1 Å². The summed E-state index contributed by atoms with van der Waals surface area (Å²) in [6, 6.07) is 2.98. The number of hydrogen-bond donors (Lipinski definition) is 2. The fraction of sp³-hybridized carbons (Fsp3) is 0.333. The minimum atomic E-state index is -0.793. The number of piperazine rings is 1. The molecular weight excluding hydrogens is 239 g/mol. The number of rotatable bonds is 1. The fourth-order valence-corrected chi connectivity index (χ4v) is 1.93. The van der Waals surface area contributed by atoms with E-state index in [1.807, 2.05) is 0 Å². The van der Waals surface area contributed by atoms with Gasteiger partial charge in [-0.25, -0.2) is 4.39 Å². The molecule has 96 valence electrons. The third-order valence-electron chi connectivity index (χ3n) is 2.97. The normalized spacial score (nSPS) is 19.6. The summed E-state index contributed by atoms with van der Waals surface area (Å²) in [7, 11) is 0. The van der Waals surface area contributed by atoms with Crippen molar-refractivity contribution in [3.05, 3.63) is 29.6 Å². The molecule has 2 amide bonds. The molecule has 1 aromatic rings. The molecule has 5 nitrogen and oxygen atoms in total. The highest BCUT2D eigenvalue weighted by Crippen LogP contribution is 2.23. The number of phenolic OH excluding ortho intramolecular Hbond substituents is 1. The molecule has 1 aliphatic rings. The van der Waals surface area contributed by atoms with Crippen molar-refractivity contribution in [3.63, 3.8) is 0 Å². The second-order valence-electron chi connectivity index (χ2n) is 4.10. The molecule has 0 aromatic heterocycles. The molecule has 1 atom stereocenters. The highest BCUT2D eigenvalue weighted by atomic mass is 19.1. The monoisotopic (exact) mass is 252 g/mol. The molecule has 0 aliphatic carbocycles. The number of aromatic hydroxyl groups is 1. The van der Waals surface area contributed by atoms with Gasteiger partial charge in [-0.2, -0.15) is 0 Å². The standard InChI is InChI=1S/C12H13FN2O3/c1-7-11(17)14-5-6-15(7)12(18)10-8(13)3-2-4-9(10)16/h2-4,7,16H,5-6H2,1H3,(H,14,17). The van der Waals surface area contributed by atoms with Gasteiger partial charge in [0.1, 0.15) is 23.2 Å². The zero-order chi connectivity index (χ0) is 13.3. The van der Waals surface area contributed by atoms with E-state index in [0.717, 1.165) is 6.07 Å². The average molecular weight is 252 g/mol. The SMILES string of the molecule is CC1C(=O)NCCN1C(=O)c1c(O)cccc1F. The highest BCUT2D eigenvalue weighted by molar-refractivity contribution is 6.00. The molecule has 1 heterocycles. The van der Waals surface area contributed by atoms with Crippen LogP contribution in [0.4, 0.5) is 4.39 Å². The minimum absolute atomic E-state index is 0.287. The first kappa shape index (κ1) is 12.3. The molecule has 0 radical (unpaired) electrons. The van der Waals surface area contributed by atoms with Crippen LogP contribution in [0.2, 0.25) is 0 Å². The summed E-state index contributed by atoms with van der Waals surface area (Å²) < 4.78 is 13.6. The molecule has 2 rings (SSSR count). The van der Waals surface area contributed by atoms with Crippen molar-refractivity contribution in [1.82, 2.24) is 10.2 Å². The first-order valence-electron chi connectivity index (χ1n) is 5.58. The van der Waals surface area contributed by atoms with Gasteiger partial charge in [-0.05, 0) is 19.1 Å². The topological polar surface area (TPSA) is 69.6 Å². The Morgan fingerprint density at radius 1 is 1.56 bits per heavy atom. The van der Waals surface area contributed by atoms with E-state index < -0.39 is 23.5 Å². The molecule has 0 saturated carbocycles. The molecule has 2 N–H and O–H groups in total. The van der Waals surface area contributed by atoms with Gasteiger partial charge in [-0.1, -0.05) is 6.07 Å². The van der Waals surface area contributed by atoms with Crippen LogP contribution >= 0.6 is 0 Å². The van der Waals surface area contributed by atoms with Crippen LogP contribution in [0.1, 0.15) is 17.3 Å². The van der Waals surface area contributed by atoms with Gasteiger partial charge < -0.3 is 15.3 Å². The fourth-order valence-electron chi connectivity index (χ4n) is 1.93. The summed E-state index contributed by atoms with van der Waals surface area (Å²) in [5.74, 6) is -2.17. The van der Waals surface area contributed by atoms with E-state index in [9.17, 15) is 19.1 Å². The van der Waals surface area contributed by atoms with Crippen LogP contribution in [0.15, 0.2) is 18.2 Å². The van der Waals surface area contributed by atoms with Crippen molar-refractivity contribution in [1.29, 1.82) is 0 Å². The number of carbonyl (C=O) groups is 2. The minimum Gasteiger partial charge on any atom is -0.507 e. The summed E-state index contributed by atoms with van der Waals surface area (Å²) in [5.41, 5.74) is -0.390. The lowest BCUT2D eigenvalue weighted by molar-refractivity contribution is -0.127. The lowest BCUT2D eigenvalue weighted by Gasteiger charge is -2.33. The third kappa shape index (κ3) is 2.01. The molecule has 1 aliphatic heterocycles. The van der Waals surface area contributed by atoms with Crippen LogP contribution < -0.4 is 5.32 Å². The predicted octanol–water partition coefficient (Wildman–Crippen LogP) is 0.492. The van der Waals surface area contributed by atoms with Gasteiger partial charge in [0.15, 0.2) is 0 Å². The van der Waals surface area contributed by atoms with Gasteiger partial charge in [-0.15, -0.1) is 0 Å². The maximum Gasteiger partial charge on any atom is 0.261 e. The maximum atomic E-state index is 13.6. The molecule has 18 heavy (non-hydrogen) atoms. The van der Waals surface area contributed by atoms with Crippen LogP contribution in [0.3, 0.4) is 0 Å². The number of amides is 2. The zero-order valence-corrected chi connectivity index (χ0v) is 9.81. The van der Waals surface area contributed by atoms with Crippen LogP contribution in [0.25, 0.3) is 0 Å². The van der Waals surface area contributed by atoms with Crippen molar-refractivity contribution in [2.75, 3.05) is 13.1 Å². The van der Waals surface area contributed by atoms with Gasteiger partial charge in [0.25, 0.3) is 5.91 Å². The van der Waals surface area contributed by atoms with Gasteiger partial charge >= 0.3 is 0 Å². The molecular formula is C12H13FN2O3. The van der Waals surface area contributed by atoms with Crippen LogP contribution in [-0.4, -0.2) is 41.0 Å². The highest BCUT2D eigenvalue weighted by Gasteiger charge is 2.32. The van der Waals surface area contributed by atoms with E-state index >= 15 is 0 Å². The van der Waals surface area contributed by atoms with E-state index in [2.05, 4.69) is 5.32 Å². The quantitative estimate of drug-likeness (QED) is 0.764. The first-order chi connectivity index (χ1) is 8.52. The second-order valence-corrected chi connectivity index (χ2v) is 4.10. The number of carbonyl (C=O) groups excluding carboxylic acids is 2. The second kappa shape index (κ2) is 4.64. The Morgan fingerprint density at radius 3 is 2.94 bits per heavy atom. The molecule has 0 bridgehead atoms. The number of phenols is 1. The van der Waals surface area contributed by atoms with E-state index in [1.165, 1.54) is 17.0 Å². The van der Waals surface area contributed by atoms with E-state index in [1.54, 1.807) is 6.92 Å². The lowest BCUT2D eigenvalue weighted by Crippen LogP contribution is -2.55. The van der Waals surface area contributed by atoms with Gasteiger partial charge in [0.05, 0.1) is 0 Å². The Bertz CT molecular complexity index is 484. The lowest BCUT2D eigenvalue weighted by atomic mass is 10.1. The molecule has 0 spiro atoms. The number of nitrogens with one attached hydrogen (secondary N) is 1. The molecule has 1 aromatic carbocycles. The van der Waals surface area contributed by atoms with Crippen molar-refractivity contribution in [2.24, 2.45) is 0 Å². The Morgan fingerprint density at radius 2 is 2.28 bits per heavy atom. The van der Waals surface area contributed by atoms with Crippen LogP contribution in [0.5, 0.6) is 5.75 Å². The summed E-state index contributed by atoms with van der Waals surface area (Å²) in [6.07, 6.45) is 0. The maximum absolute atomic E-state index is 13.6. The van der Waals surface area contributed by atoms with Crippen molar-refractivity contribution in [3.8, 4) is 5.75 Å². The number of nitrogens with zero attached hydrogens (tertiary/aromatic N) is 1. The molecule has 1 saturated heterocycles. The van der Waals surface area contributed by atoms with Gasteiger partial charge in [0, 0.05) is 13.1 Å². The van der Waals surface area contributed by atoms with E-state index in [4.69, 9.17) is 0 Å². The predicted molar refractivity (Wildman–Crippen MR) is 61.6 cm³/mol. The summed E-state index contributed by atoms with van der Waals surface area (Å²) in [6.45, 7) is 2.17. The molecule has 6 heteroatoms. The number of benzene rings is 1. The summed E-state index contributed by atoms with van der Waals surface area (Å²) in [5, 5.41) is 12.2. The first-order valence-corrected chi connectivity index (χ1v) is 5.58. The largest absolute Gasteiger partial charge is 0.507 e. The molecule has 1 unspecified atom stereocenters. The van der Waals surface area contributed by atoms with Crippen molar-refractivity contribution >= 4 is 11.8 Å². The smallest absolute Gasteiger partial charge is 0.261 e. The Hall–Kier alpha value is -2.11. The summed E-state index contributed by atoms with van der Waals surface area (Å²) in [4.78, 5) is 24.8. The zero-order valence-electron chi connectivity index (χ0n) is 9.81. The Balaban J connectivity index is 2.34.